The fourth-order valence-corrected chi connectivity index (χ4v) is 8.13. The summed E-state index contributed by atoms with van der Waals surface area (Å²) in [6.45, 7) is 8.10. The van der Waals surface area contributed by atoms with Gasteiger partial charge in [-0.1, -0.05) is 25.5 Å². The zero-order valence-electron chi connectivity index (χ0n) is 19.7. The van der Waals surface area contributed by atoms with Crippen LogP contribution < -0.4 is 0 Å². The molecule has 0 spiro atoms. The molecule has 0 aromatic carbocycles. The van der Waals surface area contributed by atoms with E-state index in [0.717, 1.165) is 51.0 Å². The van der Waals surface area contributed by atoms with Gasteiger partial charge in [0.05, 0.1) is 12.6 Å². The molecule has 3 saturated carbocycles. The summed E-state index contributed by atoms with van der Waals surface area (Å²) in [5.41, 5.74) is -1.17. The summed E-state index contributed by atoms with van der Waals surface area (Å²) in [7, 11) is 2.10. The number of carbonyl (C=O) groups is 2. The van der Waals surface area contributed by atoms with Crippen LogP contribution in [0.15, 0.2) is 23.8 Å². The van der Waals surface area contributed by atoms with Crippen LogP contribution in [0.4, 0.5) is 0 Å². The molecule has 2 N–H and O–H groups in total. The number of ketones is 2. The van der Waals surface area contributed by atoms with Crippen molar-refractivity contribution in [2.24, 2.45) is 28.6 Å². The predicted octanol–water partition coefficient (Wildman–Crippen LogP) is 1.81. The van der Waals surface area contributed by atoms with E-state index in [1.807, 2.05) is 6.08 Å². The summed E-state index contributed by atoms with van der Waals surface area (Å²) < 4.78 is 0. The van der Waals surface area contributed by atoms with Gasteiger partial charge in [0.15, 0.2) is 11.6 Å². The highest BCUT2D eigenvalue weighted by molar-refractivity contribution is 6.01. The molecule has 4 fully saturated rings. The third-order valence-corrected chi connectivity index (χ3v) is 10.1. The molecule has 0 bridgehead atoms. The van der Waals surface area contributed by atoms with Crippen LogP contribution in [-0.2, 0) is 9.59 Å². The molecule has 0 aromatic rings. The van der Waals surface area contributed by atoms with Gasteiger partial charge in [-0.3, -0.25) is 14.5 Å². The van der Waals surface area contributed by atoms with E-state index in [-0.39, 0.29) is 34.7 Å². The molecule has 1 aliphatic heterocycles. The van der Waals surface area contributed by atoms with E-state index in [1.165, 1.54) is 0 Å². The highest BCUT2D eigenvalue weighted by atomic mass is 16.3. The SMILES string of the molecule is CN1CCN(CC(=O)[C@@]2(O)CCC3C4CCC5=CC(=O)C=C[C@]5(C)C4C(O)C[C@@]32C)CC1. The molecule has 176 valence electrons. The van der Waals surface area contributed by atoms with Gasteiger partial charge in [-0.25, -0.2) is 0 Å². The van der Waals surface area contributed by atoms with Crippen LogP contribution in [0.25, 0.3) is 0 Å². The number of hydrogen-bond acceptors (Lipinski definition) is 6. The first kappa shape index (κ1) is 22.5. The molecule has 4 unspecified atom stereocenters. The molecule has 0 radical (unpaired) electrons. The second kappa shape index (κ2) is 7.59. The Labute approximate surface area is 191 Å². The van der Waals surface area contributed by atoms with Gasteiger partial charge in [-0.05, 0) is 63.1 Å². The number of rotatable bonds is 3. The zero-order valence-corrected chi connectivity index (χ0v) is 19.7. The average molecular weight is 443 g/mol. The van der Waals surface area contributed by atoms with Crippen LogP contribution in [0.2, 0.25) is 0 Å². The Hall–Kier alpha value is -1.34. The standard InChI is InChI=1S/C26H38N2O4/c1-24-8-6-18(29)14-17(24)4-5-19-20-7-9-26(32,25(20,2)15-21(30)23(19)24)22(31)16-28-12-10-27(3)11-13-28/h6,8,14,19-21,23,30,32H,4-5,7,9-13,15-16H2,1-3H3/t19?,20?,21?,23?,24-,25-,26-/m0/s1. The fourth-order valence-electron chi connectivity index (χ4n) is 8.13. The maximum absolute atomic E-state index is 13.5. The zero-order chi connectivity index (χ0) is 22.9. The number of hydrogen-bond donors (Lipinski definition) is 2. The first-order valence-corrected chi connectivity index (χ1v) is 12.4. The van der Waals surface area contributed by atoms with Crippen molar-refractivity contribution in [1.29, 1.82) is 0 Å². The third-order valence-electron chi connectivity index (χ3n) is 10.1. The fraction of sp³-hybridized carbons (Fsp3) is 0.769. The van der Waals surface area contributed by atoms with Crippen LogP contribution in [0.3, 0.4) is 0 Å². The average Bonchev–Trinajstić information content (AvgIpc) is 3.01. The Bertz CT molecular complexity index is 875. The van der Waals surface area contributed by atoms with E-state index < -0.39 is 17.1 Å². The molecule has 0 amide bonds. The summed E-state index contributed by atoms with van der Waals surface area (Å²) in [4.78, 5) is 29.9. The maximum Gasteiger partial charge on any atom is 0.178 e. The number of aliphatic hydroxyl groups is 2. The molecule has 7 atom stereocenters. The molecular formula is C26H38N2O4. The lowest BCUT2D eigenvalue weighted by atomic mass is 9.46. The lowest BCUT2D eigenvalue weighted by Gasteiger charge is -2.59. The van der Waals surface area contributed by atoms with E-state index in [4.69, 9.17) is 0 Å². The third kappa shape index (κ3) is 3.13. The van der Waals surface area contributed by atoms with Crippen molar-refractivity contribution in [3.63, 3.8) is 0 Å². The highest BCUT2D eigenvalue weighted by Gasteiger charge is 2.68. The molecule has 1 saturated heterocycles. The summed E-state index contributed by atoms with van der Waals surface area (Å²) in [6.07, 6.45) is 8.33. The van der Waals surface area contributed by atoms with Gasteiger partial charge in [0.25, 0.3) is 0 Å². The van der Waals surface area contributed by atoms with Crippen molar-refractivity contribution in [3.05, 3.63) is 23.8 Å². The quantitative estimate of drug-likeness (QED) is 0.694. The van der Waals surface area contributed by atoms with Crippen molar-refractivity contribution < 1.29 is 19.8 Å². The van der Waals surface area contributed by atoms with Gasteiger partial charge in [-0.2, -0.15) is 0 Å². The largest absolute Gasteiger partial charge is 0.393 e. The van der Waals surface area contributed by atoms with Gasteiger partial charge in [0.2, 0.25) is 0 Å². The summed E-state index contributed by atoms with van der Waals surface area (Å²) in [6, 6.07) is 0. The molecule has 6 nitrogen and oxygen atoms in total. The van der Waals surface area contributed by atoms with E-state index >= 15 is 0 Å². The second-order valence-corrected chi connectivity index (χ2v) is 11.6. The molecule has 6 heteroatoms. The van der Waals surface area contributed by atoms with Gasteiger partial charge in [0, 0.05) is 42.9 Å². The molecule has 32 heavy (non-hydrogen) atoms. The van der Waals surface area contributed by atoms with E-state index in [0.29, 0.717) is 19.4 Å². The number of allylic oxidation sites excluding steroid dienone is 4. The number of fused-ring (bicyclic) bond motifs is 5. The normalized spacial score (nSPS) is 46.9. The Morgan fingerprint density at radius 1 is 1.19 bits per heavy atom. The summed E-state index contributed by atoms with van der Waals surface area (Å²) in [5, 5.41) is 23.3. The Balaban J connectivity index is 1.40. The number of Topliss-reactive ketones (excluding diaryl/α,β-unsaturated/α-hetero) is 1. The monoisotopic (exact) mass is 442 g/mol. The van der Waals surface area contributed by atoms with E-state index in [2.05, 4.69) is 30.7 Å². The smallest absolute Gasteiger partial charge is 0.178 e. The minimum Gasteiger partial charge on any atom is -0.393 e. The van der Waals surface area contributed by atoms with Crippen molar-refractivity contribution in [2.45, 2.75) is 57.7 Å². The molecular weight excluding hydrogens is 404 g/mol. The van der Waals surface area contributed by atoms with Crippen LogP contribution in [0, 0.1) is 28.6 Å². The lowest BCUT2D eigenvalue weighted by molar-refractivity contribution is -0.177. The highest BCUT2D eigenvalue weighted by Crippen LogP contribution is 2.67. The Morgan fingerprint density at radius 3 is 2.62 bits per heavy atom. The number of aliphatic hydroxyl groups excluding tert-OH is 1. The summed E-state index contributed by atoms with van der Waals surface area (Å²) in [5.74, 6) is 0.454. The van der Waals surface area contributed by atoms with Crippen LogP contribution in [0.1, 0.15) is 46.0 Å². The minimum atomic E-state index is -1.37. The number of nitrogens with zero attached hydrogens (tertiary/aromatic N) is 2. The predicted molar refractivity (Wildman–Crippen MR) is 122 cm³/mol. The number of likely N-dealkylation sites (N-methyl/N-ethyl adjacent to an activating group) is 1. The first-order valence-electron chi connectivity index (χ1n) is 12.4. The molecule has 0 aromatic heterocycles. The van der Waals surface area contributed by atoms with E-state index in [9.17, 15) is 19.8 Å². The molecule has 5 rings (SSSR count). The minimum absolute atomic E-state index is 0.0278. The van der Waals surface area contributed by atoms with Gasteiger partial charge < -0.3 is 15.1 Å². The molecule has 1 heterocycles. The topological polar surface area (TPSA) is 81.1 Å². The van der Waals surface area contributed by atoms with E-state index in [1.54, 1.807) is 12.2 Å². The van der Waals surface area contributed by atoms with Crippen molar-refractivity contribution in [1.82, 2.24) is 9.80 Å². The van der Waals surface area contributed by atoms with Crippen molar-refractivity contribution in [3.8, 4) is 0 Å². The van der Waals surface area contributed by atoms with Crippen molar-refractivity contribution in [2.75, 3.05) is 39.8 Å². The first-order chi connectivity index (χ1) is 15.1. The van der Waals surface area contributed by atoms with Crippen molar-refractivity contribution >= 4 is 11.6 Å². The number of piperazine rings is 1. The van der Waals surface area contributed by atoms with Gasteiger partial charge in [-0.15, -0.1) is 0 Å². The van der Waals surface area contributed by atoms with Gasteiger partial charge >= 0.3 is 0 Å². The van der Waals surface area contributed by atoms with Gasteiger partial charge in [0.1, 0.15) is 5.60 Å². The summed E-state index contributed by atoms with van der Waals surface area (Å²) >= 11 is 0. The molecule has 4 aliphatic carbocycles. The molecule has 5 aliphatic rings. The Kier molecular flexibility index (Phi) is 5.32. The van der Waals surface area contributed by atoms with Crippen LogP contribution in [0.5, 0.6) is 0 Å². The lowest BCUT2D eigenvalue weighted by Crippen LogP contribution is -2.62. The maximum atomic E-state index is 13.5. The second-order valence-electron chi connectivity index (χ2n) is 11.6. The van der Waals surface area contributed by atoms with Crippen LogP contribution >= 0.6 is 0 Å². The Morgan fingerprint density at radius 2 is 1.91 bits per heavy atom. The number of carbonyl (C=O) groups excluding carboxylic acids is 2. The van der Waals surface area contributed by atoms with Crippen LogP contribution in [-0.4, -0.2) is 83.1 Å².